The summed E-state index contributed by atoms with van der Waals surface area (Å²) in [5.74, 6) is 0.485. The Kier molecular flexibility index (Phi) is 7.66. The Hall–Kier alpha value is -1.28. The Bertz CT molecular complexity index is 1220. The van der Waals surface area contributed by atoms with Crippen molar-refractivity contribution in [2.75, 3.05) is 0 Å². The molecular weight excluding hydrogens is 529 g/mol. The lowest BCUT2D eigenvalue weighted by molar-refractivity contribution is 0.140. The molecule has 0 amide bonds. The van der Waals surface area contributed by atoms with E-state index in [0.29, 0.717) is 16.1 Å². The quantitative estimate of drug-likeness (QED) is 0.254. The molecule has 1 fully saturated rings. The molecule has 1 aromatic carbocycles. The van der Waals surface area contributed by atoms with Gasteiger partial charge < -0.3 is 4.55 Å². The topological polar surface area (TPSA) is 60.9 Å². The number of hydrogen-bond acceptors (Lipinski definition) is 5. The van der Waals surface area contributed by atoms with Gasteiger partial charge in [-0.1, -0.05) is 65.3 Å². The van der Waals surface area contributed by atoms with Crippen LogP contribution in [0.15, 0.2) is 64.8 Å². The smallest absolute Gasteiger partial charge is 0.148 e. The molecule has 0 radical (unpaired) electrons. The summed E-state index contributed by atoms with van der Waals surface area (Å²) >= 11 is 12.7. The van der Waals surface area contributed by atoms with Gasteiger partial charge in [0, 0.05) is 28.7 Å². The fraction of sp³-hybridized carbons (Fsp3) is 0.429. The highest BCUT2D eigenvalue weighted by atomic mass is 35.5. The Morgan fingerprint density at radius 2 is 1.81 bits per heavy atom. The number of aromatic nitrogens is 2. The standard InChI is InChI=1S/C28H31Cl2N3OS2/c1-27(2,3)36(34)33-25-21-7-5-4-6-19(21)16-28(25)13-10-18(11-14-28)20-8-9-23(32-17-20)35-22-12-15-31-26(30)24(22)29/h4-9,12,15,17-18,25,33H,10-11,13-14,16H2,1-3H3/t18-,25-,28+,36+/m0/s1. The van der Waals surface area contributed by atoms with Crippen molar-refractivity contribution in [2.24, 2.45) is 5.41 Å². The summed E-state index contributed by atoms with van der Waals surface area (Å²) < 4.78 is 16.4. The van der Waals surface area contributed by atoms with Gasteiger partial charge in [-0.2, -0.15) is 0 Å². The average molecular weight is 561 g/mol. The lowest BCUT2D eigenvalue weighted by atomic mass is 9.66. The Morgan fingerprint density at radius 1 is 1.06 bits per heavy atom. The summed E-state index contributed by atoms with van der Waals surface area (Å²) in [7, 11) is 0. The van der Waals surface area contributed by atoms with E-state index in [9.17, 15) is 4.55 Å². The van der Waals surface area contributed by atoms with E-state index in [-0.39, 0.29) is 16.2 Å². The Morgan fingerprint density at radius 3 is 2.50 bits per heavy atom. The van der Waals surface area contributed by atoms with Crippen LogP contribution in [0.4, 0.5) is 0 Å². The molecule has 2 aromatic heterocycles. The fourth-order valence-electron chi connectivity index (χ4n) is 5.54. The maximum atomic E-state index is 13.1. The molecule has 190 valence electrons. The van der Waals surface area contributed by atoms with Crippen LogP contribution in [-0.4, -0.2) is 19.3 Å². The maximum Gasteiger partial charge on any atom is 0.148 e. The summed E-state index contributed by atoms with van der Waals surface area (Å²) in [4.78, 5) is 9.57. The van der Waals surface area contributed by atoms with Crippen molar-refractivity contribution in [3.05, 3.63) is 81.7 Å². The summed E-state index contributed by atoms with van der Waals surface area (Å²) in [6, 6.07) is 14.9. The number of halogens is 2. The van der Waals surface area contributed by atoms with Crippen LogP contribution in [0.1, 0.15) is 75.1 Å². The lowest BCUT2D eigenvalue weighted by Crippen LogP contribution is -2.46. The molecular formula is C28H31Cl2N3OS2. The first-order chi connectivity index (χ1) is 17.2. The van der Waals surface area contributed by atoms with Crippen molar-refractivity contribution in [3.63, 3.8) is 0 Å². The minimum atomic E-state index is -1.11. The molecule has 4 nitrogen and oxygen atoms in total. The van der Waals surface area contributed by atoms with Gasteiger partial charge in [-0.15, -0.1) is 4.72 Å². The predicted octanol–water partition coefficient (Wildman–Crippen LogP) is 7.93. The number of fused-ring (bicyclic) bond motifs is 1. The van der Waals surface area contributed by atoms with Gasteiger partial charge in [0.05, 0.1) is 11.1 Å². The Labute approximate surface area is 231 Å². The minimum absolute atomic E-state index is 0.113. The second-order valence-electron chi connectivity index (χ2n) is 10.9. The van der Waals surface area contributed by atoms with Gasteiger partial charge in [-0.25, -0.2) is 9.97 Å². The molecule has 2 aliphatic carbocycles. The van der Waals surface area contributed by atoms with Crippen molar-refractivity contribution >= 4 is 46.3 Å². The van der Waals surface area contributed by atoms with Crippen LogP contribution >= 0.6 is 35.0 Å². The molecule has 0 aliphatic heterocycles. The summed E-state index contributed by atoms with van der Waals surface area (Å²) in [6.45, 7) is 6.10. The van der Waals surface area contributed by atoms with E-state index >= 15 is 0 Å². The predicted molar refractivity (Wildman–Crippen MR) is 150 cm³/mol. The first-order valence-electron chi connectivity index (χ1n) is 12.4. The molecule has 1 saturated carbocycles. The zero-order valence-electron chi connectivity index (χ0n) is 20.8. The molecule has 2 aliphatic rings. The number of pyridine rings is 2. The van der Waals surface area contributed by atoms with Crippen molar-refractivity contribution in [2.45, 2.75) is 79.5 Å². The second-order valence-corrected chi connectivity index (χ2v) is 14.7. The van der Waals surface area contributed by atoms with Gasteiger partial charge in [0.15, 0.2) is 0 Å². The Balaban J connectivity index is 1.29. The van der Waals surface area contributed by atoms with Crippen LogP contribution in [0.25, 0.3) is 0 Å². The first kappa shape index (κ1) is 26.3. The second kappa shape index (κ2) is 10.5. The highest BCUT2D eigenvalue weighted by molar-refractivity contribution is 7.99. The number of hydrogen-bond donors (Lipinski definition) is 1. The monoisotopic (exact) mass is 559 g/mol. The largest absolute Gasteiger partial charge is 0.598 e. The third kappa shape index (κ3) is 5.31. The molecule has 3 aromatic rings. The summed E-state index contributed by atoms with van der Waals surface area (Å²) in [6.07, 6.45) is 9.14. The lowest BCUT2D eigenvalue weighted by Gasteiger charge is -2.42. The zero-order valence-corrected chi connectivity index (χ0v) is 23.9. The highest BCUT2D eigenvalue weighted by Gasteiger charge is 2.50. The highest BCUT2D eigenvalue weighted by Crippen LogP contribution is 2.56. The van der Waals surface area contributed by atoms with E-state index in [2.05, 4.69) is 46.1 Å². The zero-order chi connectivity index (χ0) is 25.5. The maximum absolute atomic E-state index is 13.1. The van der Waals surface area contributed by atoms with Gasteiger partial charge in [0.1, 0.15) is 14.9 Å². The minimum Gasteiger partial charge on any atom is -0.598 e. The number of rotatable bonds is 5. The SMILES string of the molecule is CC(C)(C)[S@@+]([O-])N[C@H]1c2ccccc2C[C@]12CC[C@H](c1ccc(Sc3ccnc(Cl)c3Cl)nc1)CC2. The van der Waals surface area contributed by atoms with E-state index in [0.717, 1.165) is 42.0 Å². The first-order valence-corrected chi connectivity index (χ1v) is 15.1. The van der Waals surface area contributed by atoms with Crippen LogP contribution in [-0.2, 0) is 17.8 Å². The molecule has 8 heteroatoms. The molecule has 0 unspecified atom stereocenters. The van der Waals surface area contributed by atoms with Gasteiger partial charge >= 0.3 is 0 Å². The molecule has 1 N–H and O–H groups in total. The van der Waals surface area contributed by atoms with E-state index in [4.69, 9.17) is 28.2 Å². The molecule has 1 spiro atoms. The molecule has 2 heterocycles. The van der Waals surface area contributed by atoms with Gasteiger partial charge in [-0.05, 0) is 93.0 Å². The van der Waals surface area contributed by atoms with Gasteiger partial charge in [0.25, 0.3) is 0 Å². The number of benzene rings is 1. The average Bonchev–Trinajstić information content (AvgIpc) is 3.15. The van der Waals surface area contributed by atoms with E-state index in [1.807, 2.05) is 33.0 Å². The fourth-order valence-corrected chi connectivity index (χ4v) is 7.71. The van der Waals surface area contributed by atoms with Gasteiger partial charge in [-0.3, -0.25) is 0 Å². The van der Waals surface area contributed by atoms with Crippen LogP contribution in [0.5, 0.6) is 0 Å². The van der Waals surface area contributed by atoms with Crippen molar-refractivity contribution in [1.82, 2.24) is 14.7 Å². The van der Waals surface area contributed by atoms with Crippen LogP contribution < -0.4 is 4.72 Å². The van der Waals surface area contributed by atoms with Crippen LogP contribution in [0.2, 0.25) is 10.2 Å². The third-order valence-corrected chi connectivity index (χ3v) is 11.0. The van der Waals surface area contributed by atoms with Crippen molar-refractivity contribution in [1.29, 1.82) is 0 Å². The van der Waals surface area contributed by atoms with Crippen LogP contribution in [0.3, 0.4) is 0 Å². The molecule has 36 heavy (non-hydrogen) atoms. The van der Waals surface area contributed by atoms with E-state index in [1.165, 1.54) is 28.5 Å². The molecule has 0 saturated heterocycles. The normalized spacial score (nSPS) is 24.6. The molecule has 2 atom stereocenters. The summed E-state index contributed by atoms with van der Waals surface area (Å²) in [5.41, 5.74) is 4.12. The summed E-state index contributed by atoms with van der Waals surface area (Å²) in [5, 5.41) is 1.65. The molecule has 5 rings (SSSR count). The number of nitrogens with one attached hydrogen (secondary N) is 1. The van der Waals surface area contributed by atoms with Crippen molar-refractivity contribution in [3.8, 4) is 0 Å². The molecule has 0 bridgehead atoms. The number of nitrogens with zero attached hydrogens (tertiary/aromatic N) is 2. The van der Waals surface area contributed by atoms with E-state index in [1.54, 1.807) is 6.20 Å². The van der Waals surface area contributed by atoms with E-state index < -0.39 is 11.4 Å². The van der Waals surface area contributed by atoms with Gasteiger partial charge in [0.2, 0.25) is 0 Å². The third-order valence-electron chi connectivity index (χ3n) is 7.54. The van der Waals surface area contributed by atoms with Crippen molar-refractivity contribution < 1.29 is 4.55 Å². The van der Waals surface area contributed by atoms with Crippen LogP contribution in [0, 0.1) is 5.41 Å².